The third-order valence-electron chi connectivity index (χ3n) is 2.75. The molecule has 4 heteroatoms. The Morgan fingerprint density at radius 2 is 2.25 bits per heavy atom. The van der Waals surface area contributed by atoms with Crippen LogP contribution in [0.15, 0.2) is 0 Å². The van der Waals surface area contributed by atoms with E-state index < -0.39 is 0 Å². The molecule has 3 rings (SSSR count). The van der Waals surface area contributed by atoms with Crippen molar-refractivity contribution >= 4 is 0 Å². The van der Waals surface area contributed by atoms with Crippen LogP contribution in [0, 0.1) is 0 Å². The number of hydrogen-bond donors (Lipinski definition) is 1. The van der Waals surface area contributed by atoms with E-state index in [4.69, 9.17) is 5.73 Å². The van der Waals surface area contributed by atoms with Gasteiger partial charge in [0.1, 0.15) is 5.82 Å². The zero-order chi connectivity index (χ0) is 8.18. The van der Waals surface area contributed by atoms with Crippen molar-refractivity contribution in [1.82, 2.24) is 14.8 Å². The van der Waals surface area contributed by atoms with Crippen LogP contribution in [0.5, 0.6) is 0 Å². The van der Waals surface area contributed by atoms with Gasteiger partial charge in [0.15, 0.2) is 5.82 Å². The van der Waals surface area contributed by atoms with Crippen molar-refractivity contribution < 1.29 is 0 Å². The van der Waals surface area contributed by atoms with Crippen LogP contribution in [0.3, 0.4) is 0 Å². The van der Waals surface area contributed by atoms with E-state index in [-0.39, 0.29) is 5.54 Å². The fraction of sp³-hybridized carbons (Fsp3) is 0.750. The smallest absolute Gasteiger partial charge is 0.170 e. The first-order chi connectivity index (χ1) is 5.78. The van der Waals surface area contributed by atoms with Gasteiger partial charge < -0.3 is 5.73 Å². The lowest BCUT2D eigenvalue weighted by molar-refractivity contribution is 0.604. The Kier molecular flexibility index (Phi) is 1.03. The molecule has 0 radical (unpaired) electrons. The van der Waals surface area contributed by atoms with Crippen LogP contribution in [-0.4, -0.2) is 14.8 Å². The largest absolute Gasteiger partial charge is 0.319 e. The second kappa shape index (κ2) is 1.88. The Balaban J connectivity index is 2.03. The fourth-order valence-electron chi connectivity index (χ4n) is 1.69. The van der Waals surface area contributed by atoms with Gasteiger partial charge in [0.2, 0.25) is 0 Å². The summed E-state index contributed by atoms with van der Waals surface area (Å²) in [6.07, 6.45) is 4.36. The summed E-state index contributed by atoms with van der Waals surface area (Å²) in [5.41, 5.74) is 5.84. The Morgan fingerprint density at radius 3 is 2.92 bits per heavy atom. The third-order valence-corrected chi connectivity index (χ3v) is 2.75. The summed E-state index contributed by atoms with van der Waals surface area (Å²) in [5, 5.41) is 4.41. The topological polar surface area (TPSA) is 56.7 Å². The lowest BCUT2D eigenvalue weighted by atomic mass is 10.3. The molecule has 2 aliphatic rings. The maximum atomic E-state index is 5.99. The molecule has 64 valence electrons. The van der Waals surface area contributed by atoms with Gasteiger partial charge in [0, 0.05) is 13.0 Å². The van der Waals surface area contributed by atoms with E-state index in [1.165, 1.54) is 6.42 Å². The summed E-state index contributed by atoms with van der Waals surface area (Å²) in [6.45, 7) is 1.03. The van der Waals surface area contributed by atoms with E-state index in [0.717, 1.165) is 37.5 Å². The Bertz CT molecular complexity index is 302. The highest BCUT2D eigenvalue weighted by molar-refractivity contribution is 5.15. The van der Waals surface area contributed by atoms with Crippen molar-refractivity contribution in [3.05, 3.63) is 11.6 Å². The van der Waals surface area contributed by atoms with Crippen LogP contribution >= 0.6 is 0 Å². The molecule has 0 unspecified atom stereocenters. The SMILES string of the molecule is NC1(c2nc3n(n2)CCC3)CC1. The number of nitrogens with two attached hydrogens (primary N) is 1. The number of hydrogen-bond acceptors (Lipinski definition) is 3. The van der Waals surface area contributed by atoms with Crippen LogP contribution in [0.4, 0.5) is 0 Å². The molecule has 0 amide bonds. The number of aryl methyl sites for hydroxylation is 2. The van der Waals surface area contributed by atoms with E-state index in [9.17, 15) is 0 Å². The summed E-state index contributed by atoms with van der Waals surface area (Å²) in [7, 11) is 0. The molecule has 0 aromatic carbocycles. The molecule has 1 aromatic rings. The maximum absolute atomic E-state index is 5.99. The number of nitrogens with zero attached hydrogens (tertiary/aromatic N) is 3. The molecule has 0 bridgehead atoms. The van der Waals surface area contributed by atoms with Gasteiger partial charge in [0.25, 0.3) is 0 Å². The van der Waals surface area contributed by atoms with Gasteiger partial charge >= 0.3 is 0 Å². The molecule has 0 atom stereocenters. The predicted octanol–water partition coefficient (Wildman–Crippen LogP) is 0.172. The van der Waals surface area contributed by atoms with Crippen LogP contribution < -0.4 is 5.73 Å². The lowest BCUT2D eigenvalue weighted by Gasteiger charge is -2.00. The molecular weight excluding hydrogens is 152 g/mol. The van der Waals surface area contributed by atoms with Crippen molar-refractivity contribution in [3.8, 4) is 0 Å². The molecule has 4 nitrogen and oxygen atoms in total. The van der Waals surface area contributed by atoms with Gasteiger partial charge in [-0.15, -0.1) is 0 Å². The summed E-state index contributed by atoms with van der Waals surface area (Å²) in [5.74, 6) is 2.00. The Morgan fingerprint density at radius 1 is 1.42 bits per heavy atom. The second-order valence-electron chi connectivity index (χ2n) is 3.83. The molecule has 2 heterocycles. The zero-order valence-corrected chi connectivity index (χ0v) is 6.95. The van der Waals surface area contributed by atoms with E-state index in [2.05, 4.69) is 10.1 Å². The van der Waals surface area contributed by atoms with Crippen molar-refractivity contribution in [2.75, 3.05) is 0 Å². The maximum Gasteiger partial charge on any atom is 0.170 e. The monoisotopic (exact) mass is 164 g/mol. The minimum atomic E-state index is -0.155. The third kappa shape index (κ3) is 0.756. The molecule has 1 aliphatic heterocycles. The molecule has 0 saturated heterocycles. The molecular formula is C8H12N4. The van der Waals surface area contributed by atoms with E-state index in [1.807, 2.05) is 4.68 Å². The van der Waals surface area contributed by atoms with Gasteiger partial charge in [-0.2, -0.15) is 5.10 Å². The predicted molar refractivity (Wildman–Crippen MR) is 43.4 cm³/mol. The summed E-state index contributed by atoms with van der Waals surface area (Å²) >= 11 is 0. The van der Waals surface area contributed by atoms with Crippen LogP contribution in [0.1, 0.15) is 30.9 Å². The average Bonchev–Trinajstić information content (AvgIpc) is 2.50. The molecule has 1 fully saturated rings. The summed E-state index contributed by atoms with van der Waals surface area (Å²) < 4.78 is 2.00. The lowest BCUT2D eigenvalue weighted by Crippen LogP contribution is -2.21. The van der Waals surface area contributed by atoms with Gasteiger partial charge in [-0.1, -0.05) is 0 Å². The zero-order valence-electron chi connectivity index (χ0n) is 6.95. The molecule has 0 spiro atoms. The number of rotatable bonds is 1. The highest BCUT2D eigenvalue weighted by Gasteiger charge is 2.44. The first-order valence-electron chi connectivity index (χ1n) is 4.51. The van der Waals surface area contributed by atoms with E-state index >= 15 is 0 Å². The van der Waals surface area contributed by atoms with Gasteiger partial charge in [-0.05, 0) is 19.3 Å². The average molecular weight is 164 g/mol. The molecule has 1 aliphatic carbocycles. The van der Waals surface area contributed by atoms with Gasteiger partial charge in [-0.3, -0.25) is 0 Å². The fourth-order valence-corrected chi connectivity index (χ4v) is 1.69. The van der Waals surface area contributed by atoms with Crippen molar-refractivity contribution in [2.24, 2.45) is 5.73 Å². The quantitative estimate of drug-likeness (QED) is 0.643. The minimum Gasteiger partial charge on any atom is -0.319 e. The Labute approximate surface area is 70.8 Å². The second-order valence-corrected chi connectivity index (χ2v) is 3.83. The van der Waals surface area contributed by atoms with Crippen LogP contribution in [-0.2, 0) is 18.5 Å². The van der Waals surface area contributed by atoms with Crippen LogP contribution in [0.2, 0.25) is 0 Å². The van der Waals surface area contributed by atoms with E-state index in [1.54, 1.807) is 0 Å². The van der Waals surface area contributed by atoms with Gasteiger partial charge in [-0.25, -0.2) is 9.67 Å². The summed E-state index contributed by atoms with van der Waals surface area (Å²) in [6, 6.07) is 0. The van der Waals surface area contributed by atoms with Gasteiger partial charge in [0.05, 0.1) is 5.54 Å². The first-order valence-corrected chi connectivity index (χ1v) is 4.51. The van der Waals surface area contributed by atoms with Crippen LogP contribution in [0.25, 0.3) is 0 Å². The van der Waals surface area contributed by atoms with Crippen molar-refractivity contribution in [3.63, 3.8) is 0 Å². The summed E-state index contributed by atoms with van der Waals surface area (Å²) in [4.78, 5) is 4.45. The van der Waals surface area contributed by atoms with E-state index in [0.29, 0.717) is 0 Å². The minimum absolute atomic E-state index is 0.155. The number of aromatic nitrogens is 3. The Hall–Kier alpha value is -0.900. The number of fused-ring (bicyclic) bond motifs is 1. The standard InChI is InChI=1S/C8H12N4/c9-8(3-4-8)7-10-6-2-1-5-12(6)11-7/h1-5,9H2. The highest BCUT2D eigenvalue weighted by atomic mass is 15.4. The highest BCUT2D eigenvalue weighted by Crippen LogP contribution is 2.41. The first kappa shape index (κ1) is 6.60. The molecule has 12 heavy (non-hydrogen) atoms. The normalized spacial score (nSPS) is 24.1. The molecule has 1 saturated carbocycles. The molecule has 1 aromatic heterocycles. The van der Waals surface area contributed by atoms with Crippen molar-refractivity contribution in [1.29, 1.82) is 0 Å². The molecule has 2 N–H and O–H groups in total. The van der Waals surface area contributed by atoms with Crippen molar-refractivity contribution in [2.45, 2.75) is 37.8 Å².